The molecular weight excluding hydrogens is 160 g/mol. The zero-order chi connectivity index (χ0) is 10.1. The third-order valence-corrected chi connectivity index (χ3v) is 1.59. The summed E-state index contributed by atoms with van der Waals surface area (Å²) >= 11 is 0. The monoisotopic (exact) mass is 176 g/mol. The maximum absolute atomic E-state index is 10.7. The SMILES string of the molecule is C=C/C=C\C=C(/C=C)CCC(C)=O. The molecule has 13 heavy (non-hydrogen) atoms. The van der Waals surface area contributed by atoms with E-state index in [1.807, 2.05) is 18.2 Å². The Balaban J connectivity index is 4.08. The van der Waals surface area contributed by atoms with Crippen molar-refractivity contribution in [1.82, 2.24) is 0 Å². The van der Waals surface area contributed by atoms with Crippen LogP contribution in [0.5, 0.6) is 0 Å². The van der Waals surface area contributed by atoms with Crippen LogP contribution in [0.2, 0.25) is 0 Å². The van der Waals surface area contributed by atoms with Crippen molar-refractivity contribution in [3.8, 4) is 0 Å². The predicted molar refractivity (Wildman–Crippen MR) is 57.5 cm³/mol. The lowest BCUT2D eigenvalue weighted by Crippen LogP contribution is -1.89. The molecule has 0 rings (SSSR count). The molecule has 0 aliphatic rings. The first-order chi connectivity index (χ1) is 6.20. The second-order valence-electron chi connectivity index (χ2n) is 2.77. The lowest BCUT2D eigenvalue weighted by molar-refractivity contribution is -0.116. The highest BCUT2D eigenvalue weighted by Crippen LogP contribution is 2.06. The van der Waals surface area contributed by atoms with Crippen LogP contribution < -0.4 is 0 Å². The number of rotatable bonds is 6. The van der Waals surface area contributed by atoms with E-state index >= 15 is 0 Å². The van der Waals surface area contributed by atoms with Crippen molar-refractivity contribution < 1.29 is 4.79 Å². The summed E-state index contributed by atoms with van der Waals surface area (Å²) in [7, 11) is 0. The van der Waals surface area contributed by atoms with Crippen molar-refractivity contribution in [2.24, 2.45) is 0 Å². The number of hydrogen-bond donors (Lipinski definition) is 0. The van der Waals surface area contributed by atoms with Crippen molar-refractivity contribution in [1.29, 1.82) is 0 Å². The molecule has 0 aliphatic heterocycles. The van der Waals surface area contributed by atoms with E-state index in [0.717, 1.165) is 12.0 Å². The van der Waals surface area contributed by atoms with Gasteiger partial charge in [0.2, 0.25) is 0 Å². The Labute approximate surface area is 80.2 Å². The Morgan fingerprint density at radius 1 is 1.23 bits per heavy atom. The molecule has 0 aromatic rings. The van der Waals surface area contributed by atoms with Gasteiger partial charge in [0.25, 0.3) is 0 Å². The standard InChI is InChI=1S/C12H16O/c1-4-6-7-8-12(5-2)10-9-11(3)13/h4-8H,1-2,9-10H2,3H3/b7-6-,12-8+. The highest BCUT2D eigenvalue weighted by molar-refractivity contribution is 5.75. The van der Waals surface area contributed by atoms with E-state index in [4.69, 9.17) is 0 Å². The van der Waals surface area contributed by atoms with Gasteiger partial charge in [0.15, 0.2) is 0 Å². The molecule has 0 amide bonds. The van der Waals surface area contributed by atoms with Crippen LogP contribution in [-0.4, -0.2) is 5.78 Å². The van der Waals surface area contributed by atoms with Gasteiger partial charge in [0.05, 0.1) is 0 Å². The van der Waals surface area contributed by atoms with E-state index in [1.165, 1.54) is 0 Å². The van der Waals surface area contributed by atoms with Gasteiger partial charge in [-0.3, -0.25) is 0 Å². The van der Waals surface area contributed by atoms with Crippen LogP contribution in [0.4, 0.5) is 0 Å². The van der Waals surface area contributed by atoms with E-state index in [0.29, 0.717) is 6.42 Å². The molecule has 0 fully saturated rings. The maximum Gasteiger partial charge on any atom is 0.130 e. The van der Waals surface area contributed by atoms with Crippen LogP contribution in [0.15, 0.2) is 49.1 Å². The molecule has 0 bridgehead atoms. The molecule has 0 atom stereocenters. The number of carbonyl (C=O) groups excluding carboxylic acids is 1. The van der Waals surface area contributed by atoms with Crippen molar-refractivity contribution in [3.63, 3.8) is 0 Å². The third kappa shape index (κ3) is 7.01. The Bertz CT molecular complexity index is 244. The second kappa shape index (κ2) is 7.29. The Morgan fingerprint density at radius 2 is 1.92 bits per heavy atom. The Kier molecular flexibility index (Phi) is 6.52. The fraction of sp³-hybridized carbons (Fsp3) is 0.250. The number of Topliss-reactive ketones (excluding diaryl/α,β-unsaturated/α-hetero) is 1. The molecule has 1 nitrogen and oxygen atoms in total. The topological polar surface area (TPSA) is 17.1 Å². The van der Waals surface area contributed by atoms with Crippen LogP contribution >= 0.6 is 0 Å². The van der Waals surface area contributed by atoms with Gasteiger partial charge in [0.1, 0.15) is 5.78 Å². The van der Waals surface area contributed by atoms with Crippen molar-refractivity contribution in [3.05, 3.63) is 49.1 Å². The maximum atomic E-state index is 10.7. The summed E-state index contributed by atoms with van der Waals surface area (Å²) in [6.07, 6.45) is 10.5. The molecule has 0 aromatic carbocycles. The summed E-state index contributed by atoms with van der Waals surface area (Å²) in [5.41, 5.74) is 1.08. The van der Waals surface area contributed by atoms with Gasteiger partial charge in [0, 0.05) is 6.42 Å². The lowest BCUT2D eigenvalue weighted by Gasteiger charge is -1.96. The zero-order valence-electron chi connectivity index (χ0n) is 8.12. The molecular formula is C12H16O. The smallest absolute Gasteiger partial charge is 0.130 e. The molecule has 0 aromatic heterocycles. The van der Waals surface area contributed by atoms with E-state index < -0.39 is 0 Å². The number of ketones is 1. The largest absolute Gasteiger partial charge is 0.300 e. The minimum Gasteiger partial charge on any atom is -0.300 e. The molecule has 0 aliphatic carbocycles. The Morgan fingerprint density at radius 3 is 2.38 bits per heavy atom. The van der Waals surface area contributed by atoms with Crippen LogP contribution in [0.3, 0.4) is 0 Å². The van der Waals surface area contributed by atoms with Crippen LogP contribution in [0.25, 0.3) is 0 Å². The van der Waals surface area contributed by atoms with Gasteiger partial charge < -0.3 is 4.79 Å². The second-order valence-corrected chi connectivity index (χ2v) is 2.77. The van der Waals surface area contributed by atoms with E-state index in [2.05, 4.69) is 13.2 Å². The van der Waals surface area contributed by atoms with Crippen molar-refractivity contribution >= 4 is 5.78 Å². The minimum atomic E-state index is 0.209. The quantitative estimate of drug-likeness (QED) is 0.568. The Hall–Kier alpha value is -1.37. The molecule has 0 radical (unpaired) electrons. The lowest BCUT2D eigenvalue weighted by atomic mass is 10.1. The fourth-order valence-electron chi connectivity index (χ4n) is 0.832. The van der Waals surface area contributed by atoms with Gasteiger partial charge in [-0.15, -0.1) is 0 Å². The van der Waals surface area contributed by atoms with Crippen LogP contribution in [0, 0.1) is 0 Å². The summed E-state index contributed by atoms with van der Waals surface area (Å²) in [6, 6.07) is 0. The first-order valence-electron chi connectivity index (χ1n) is 4.31. The van der Waals surface area contributed by atoms with Gasteiger partial charge in [-0.25, -0.2) is 0 Å². The van der Waals surface area contributed by atoms with Crippen molar-refractivity contribution in [2.45, 2.75) is 19.8 Å². The molecule has 0 saturated carbocycles. The van der Waals surface area contributed by atoms with Crippen LogP contribution in [0.1, 0.15) is 19.8 Å². The first kappa shape index (κ1) is 11.6. The highest BCUT2D eigenvalue weighted by atomic mass is 16.1. The van der Waals surface area contributed by atoms with Gasteiger partial charge in [-0.05, 0) is 18.9 Å². The zero-order valence-corrected chi connectivity index (χ0v) is 8.12. The molecule has 70 valence electrons. The fourth-order valence-corrected chi connectivity index (χ4v) is 0.832. The minimum absolute atomic E-state index is 0.209. The first-order valence-corrected chi connectivity index (χ1v) is 4.31. The van der Waals surface area contributed by atoms with E-state index in [-0.39, 0.29) is 5.78 Å². The van der Waals surface area contributed by atoms with Gasteiger partial charge in [-0.1, -0.05) is 43.5 Å². The summed E-state index contributed by atoms with van der Waals surface area (Å²) in [4.78, 5) is 10.7. The van der Waals surface area contributed by atoms with Crippen molar-refractivity contribution in [2.75, 3.05) is 0 Å². The average Bonchev–Trinajstić information content (AvgIpc) is 2.10. The summed E-state index contributed by atoms with van der Waals surface area (Å²) in [6.45, 7) is 8.84. The van der Waals surface area contributed by atoms with Crippen LogP contribution in [-0.2, 0) is 4.79 Å². The normalized spacial score (nSPS) is 11.6. The molecule has 0 saturated heterocycles. The molecule has 0 N–H and O–H groups in total. The molecule has 0 spiro atoms. The number of allylic oxidation sites excluding steroid dienone is 6. The molecule has 0 unspecified atom stereocenters. The van der Waals surface area contributed by atoms with Gasteiger partial charge >= 0.3 is 0 Å². The summed E-state index contributed by atoms with van der Waals surface area (Å²) in [5.74, 6) is 0.209. The highest BCUT2D eigenvalue weighted by Gasteiger charge is 1.94. The average molecular weight is 176 g/mol. The number of hydrogen-bond acceptors (Lipinski definition) is 1. The molecule has 1 heteroatoms. The van der Waals surface area contributed by atoms with E-state index in [1.54, 1.807) is 19.1 Å². The third-order valence-electron chi connectivity index (χ3n) is 1.59. The van der Waals surface area contributed by atoms with Gasteiger partial charge in [-0.2, -0.15) is 0 Å². The van der Waals surface area contributed by atoms with E-state index in [9.17, 15) is 4.79 Å². The predicted octanol–water partition coefficient (Wildman–Crippen LogP) is 3.21. The molecule has 0 heterocycles. The summed E-state index contributed by atoms with van der Waals surface area (Å²) < 4.78 is 0. The number of carbonyl (C=O) groups is 1. The summed E-state index contributed by atoms with van der Waals surface area (Å²) in [5, 5.41) is 0.